The maximum atomic E-state index is 12.1. The van der Waals surface area contributed by atoms with E-state index >= 15 is 0 Å². The SMILES string of the molecule is CCCC[C@H](NC(=O)c1cc(C(C)C)n(C)n1)C(=O)O. The molecule has 0 unspecified atom stereocenters. The molecular weight excluding hydrogens is 258 g/mol. The summed E-state index contributed by atoms with van der Waals surface area (Å²) in [6.45, 7) is 6.01. The Morgan fingerprint density at radius 1 is 1.45 bits per heavy atom. The van der Waals surface area contributed by atoms with Crippen LogP contribution in [-0.2, 0) is 11.8 Å². The summed E-state index contributed by atoms with van der Waals surface area (Å²) < 4.78 is 1.65. The molecule has 112 valence electrons. The molecule has 1 aromatic rings. The van der Waals surface area contributed by atoms with Crippen molar-refractivity contribution in [2.24, 2.45) is 7.05 Å². The monoisotopic (exact) mass is 281 g/mol. The van der Waals surface area contributed by atoms with Crippen LogP contribution >= 0.6 is 0 Å². The summed E-state index contributed by atoms with van der Waals surface area (Å²) in [5.41, 5.74) is 1.20. The number of carbonyl (C=O) groups is 2. The van der Waals surface area contributed by atoms with E-state index in [-0.39, 0.29) is 11.6 Å². The molecule has 0 saturated carbocycles. The van der Waals surface area contributed by atoms with Crippen molar-refractivity contribution in [2.45, 2.75) is 52.0 Å². The molecule has 1 rings (SSSR count). The highest BCUT2D eigenvalue weighted by molar-refractivity contribution is 5.95. The Morgan fingerprint density at radius 2 is 2.10 bits per heavy atom. The molecule has 0 radical (unpaired) electrons. The van der Waals surface area contributed by atoms with Gasteiger partial charge in [0.05, 0.1) is 0 Å². The van der Waals surface area contributed by atoms with Crippen molar-refractivity contribution in [3.05, 3.63) is 17.5 Å². The molecule has 0 spiro atoms. The van der Waals surface area contributed by atoms with Gasteiger partial charge in [-0.1, -0.05) is 33.6 Å². The third kappa shape index (κ3) is 4.08. The van der Waals surface area contributed by atoms with Crippen LogP contribution in [0.2, 0.25) is 0 Å². The molecule has 1 amide bonds. The Kier molecular flexibility index (Phi) is 5.73. The molecule has 1 atom stereocenters. The molecule has 0 bridgehead atoms. The van der Waals surface area contributed by atoms with Crippen LogP contribution in [0, 0.1) is 0 Å². The predicted octanol–water partition coefficient (Wildman–Crippen LogP) is 1.92. The lowest BCUT2D eigenvalue weighted by atomic mass is 10.1. The molecule has 0 aliphatic carbocycles. The fourth-order valence-electron chi connectivity index (χ4n) is 2.03. The van der Waals surface area contributed by atoms with Crippen LogP contribution in [0.1, 0.15) is 62.1 Å². The van der Waals surface area contributed by atoms with Crippen LogP contribution in [0.15, 0.2) is 6.07 Å². The van der Waals surface area contributed by atoms with Crippen molar-refractivity contribution in [1.29, 1.82) is 0 Å². The van der Waals surface area contributed by atoms with E-state index < -0.39 is 17.9 Å². The normalized spacial score (nSPS) is 12.4. The first-order chi connectivity index (χ1) is 9.36. The Morgan fingerprint density at radius 3 is 2.55 bits per heavy atom. The first-order valence-electron chi connectivity index (χ1n) is 6.94. The maximum absolute atomic E-state index is 12.1. The van der Waals surface area contributed by atoms with E-state index in [1.807, 2.05) is 20.8 Å². The number of carbonyl (C=O) groups excluding carboxylic acids is 1. The number of carboxylic acids is 1. The van der Waals surface area contributed by atoms with Crippen LogP contribution in [-0.4, -0.2) is 32.8 Å². The van der Waals surface area contributed by atoms with E-state index in [9.17, 15) is 9.59 Å². The van der Waals surface area contributed by atoms with E-state index in [4.69, 9.17) is 5.11 Å². The topological polar surface area (TPSA) is 84.2 Å². The number of carboxylic acid groups (broad SMARTS) is 1. The Bertz CT molecular complexity index is 480. The minimum atomic E-state index is -1.01. The molecule has 0 saturated heterocycles. The summed E-state index contributed by atoms with van der Waals surface area (Å²) in [6.07, 6.45) is 2.08. The van der Waals surface area contributed by atoms with Gasteiger partial charge in [-0.05, 0) is 18.4 Å². The Hall–Kier alpha value is -1.85. The van der Waals surface area contributed by atoms with Crippen LogP contribution in [0.3, 0.4) is 0 Å². The smallest absolute Gasteiger partial charge is 0.326 e. The lowest BCUT2D eigenvalue weighted by Gasteiger charge is -2.12. The second-order valence-corrected chi connectivity index (χ2v) is 5.24. The van der Waals surface area contributed by atoms with E-state index in [1.165, 1.54) is 0 Å². The zero-order valence-electron chi connectivity index (χ0n) is 12.5. The van der Waals surface area contributed by atoms with Gasteiger partial charge in [-0.2, -0.15) is 5.10 Å². The van der Waals surface area contributed by atoms with Crippen LogP contribution in [0.25, 0.3) is 0 Å². The highest BCUT2D eigenvalue weighted by atomic mass is 16.4. The zero-order valence-corrected chi connectivity index (χ0v) is 12.5. The van der Waals surface area contributed by atoms with E-state index in [0.717, 1.165) is 18.5 Å². The molecular formula is C14H23N3O3. The number of hydrogen-bond acceptors (Lipinski definition) is 3. The van der Waals surface area contributed by atoms with Crippen molar-refractivity contribution in [3.63, 3.8) is 0 Å². The number of rotatable bonds is 7. The largest absolute Gasteiger partial charge is 0.480 e. The van der Waals surface area contributed by atoms with Gasteiger partial charge in [-0.3, -0.25) is 9.48 Å². The molecule has 20 heavy (non-hydrogen) atoms. The van der Waals surface area contributed by atoms with Crippen molar-refractivity contribution in [1.82, 2.24) is 15.1 Å². The zero-order chi connectivity index (χ0) is 15.3. The fraction of sp³-hybridized carbons (Fsp3) is 0.643. The summed E-state index contributed by atoms with van der Waals surface area (Å²) in [5.74, 6) is -1.19. The molecule has 0 aliphatic rings. The molecule has 0 aromatic carbocycles. The molecule has 6 heteroatoms. The van der Waals surface area contributed by atoms with E-state index in [0.29, 0.717) is 6.42 Å². The van der Waals surface area contributed by atoms with Crippen LogP contribution < -0.4 is 5.32 Å². The minimum absolute atomic E-state index is 0.254. The van der Waals surface area contributed by atoms with Crippen LogP contribution in [0.5, 0.6) is 0 Å². The number of aryl methyl sites for hydroxylation is 1. The summed E-state index contributed by atoms with van der Waals surface area (Å²) in [7, 11) is 1.78. The van der Waals surface area contributed by atoms with Gasteiger partial charge in [0.2, 0.25) is 0 Å². The molecule has 6 nitrogen and oxygen atoms in total. The highest BCUT2D eigenvalue weighted by Gasteiger charge is 2.22. The predicted molar refractivity (Wildman–Crippen MR) is 75.7 cm³/mol. The van der Waals surface area contributed by atoms with Crippen molar-refractivity contribution < 1.29 is 14.7 Å². The van der Waals surface area contributed by atoms with Gasteiger partial charge >= 0.3 is 5.97 Å². The first-order valence-corrected chi connectivity index (χ1v) is 6.94. The summed E-state index contributed by atoms with van der Waals surface area (Å²) in [5, 5.41) is 15.8. The third-order valence-electron chi connectivity index (χ3n) is 3.19. The number of aliphatic carboxylic acids is 1. The van der Waals surface area contributed by atoms with Gasteiger partial charge in [0.15, 0.2) is 0 Å². The molecule has 1 heterocycles. The molecule has 2 N–H and O–H groups in total. The second kappa shape index (κ2) is 7.07. The van der Waals surface area contributed by atoms with Gasteiger partial charge in [-0.25, -0.2) is 4.79 Å². The third-order valence-corrected chi connectivity index (χ3v) is 3.19. The summed E-state index contributed by atoms with van der Waals surface area (Å²) in [4.78, 5) is 23.2. The van der Waals surface area contributed by atoms with Gasteiger partial charge in [-0.15, -0.1) is 0 Å². The van der Waals surface area contributed by atoms with Crippen LogP contribution in [0.4, 0.5) is 0 Å². The van der Waals surface area contributed by atoms with E-state index in [2.05, 4.69) is 10.4 Å². The average molecular weight is 281 g/mol. The maximum Gasteiger partial charge on any atom is 0.326 e. The Labute approximate surface area is 119 Å². The standard InChI is InChI=1S/C14H23N3O3/c1-5-6-7-10(14(19)20)15-13(18)11-8-12(9(2)3)17(4)16-11/h8-10H,5-7H2,1-4H3,(H,15,18)(H,19,20)/t10-/m0/s1. The number of aromatic nitrogens is 2. The average Bonchev–Trinajstić information content (AvgIpc) is 2.76. The van der Waals surface area contributed by atoms with Gasteiger partial charge in [0.25, 0.3) is 5.91 Å². The lowest BCUT2D eigenvalue weighted by molar-refractivity contribution is -0.139. The molecule has 0 aliphatic heterocycles. The summed E-state index contributed by atoms with van der Waals surface area (Å²) >= 11 is 0. The second-order valence-electron chi connectivity index (χ2n) is 5.24. The number of nitrogens with one attached hydrogen (secondary N) is 1. The molecule has 1 aromatic heterocycles. The van der Waals surface area contributed by atoms with Gasteiger partial charge < -0.3 is 10.4 Å². The lowest BCUT2D eigenvalue weighted by Crippen LogP contribution is -2.40. The number of unbranched alkanes of at least 4 members (excludes halogenated alkanes) is 1. The fourth-order valence-corrected chi connectivity index (χ4v) is 2.03. The van der Waals surface area contributed by atoms with E-state index in [1.54, 1.807) is 17.8 Å². The van der Waals surface area contributed by atoms with Crippen molar-refractivity contribution >= 4 is 11.9 Å². The van der Waals surface area contributed by atoms with Gasteiger partial charge in [0.1, 0.15) is 11.7 Å². The highest BCUT2D eigenvalue weighted by Crippen LogP contribution is 2.15. The first kappa shape index (κ1) is 16.2. The number of nitrogens with zero attached hydrogens (tertiary/aromatic N) is 2. The van der Waals surface area contributed by atoms with Crippen molar-refractivity contribution in [3.8, 4) is 0 Å². The quantitative estimate of drug-likeness (QED) is 0.799. The molecule has 0 fully saturated rings. The number of hydrogen-bond donors (Lipinski definition) is 2. The Balaban J connectivity index is 2.78. The van der Waals surface area contributed by atoms with Gasteiger partial charge in [0, 0.05) is 12.7 Å². The minimum Gasteiger partial charge on any atom is -0.480 e. The van der Waals surface area contributed by atoms with Crippen molar-refractivity contribution in [2.75, 3.05) is 0 Å². The summed E-state index contributed by atoms with van der Waals surface area (Å²) in [6, 6.07) is 0.852. The number of amides is 1.